The minimum Gasteiger partial charge on any atom is -0.493 e. The largest absolute Gasteiger partial charge is 0.493 e. The number of amides is 1. The van der Waals surface area contributed by atoms with E-state index >= 15 is 0 Å². The minimum absolute atomic E-state index is 0.192. The molecule has 5 nitrogen and oxygen atoms in total. The molecule has 3 aromatic rings. The highest BCUT2D eigenvalue weighted by molar-refractivity contribution is 6.07. The van der Waals surface area contributed by atoms with Crippen LogP contribution in [0.3, 0.4) is 0 Å². The molecule has 0 radical (unpaired) electrons. The quantitative estimate of drug-likeness (QED) is 0.399. The smallest absolute Gasteiger partial charge is 0.221 e. The Hall–Kier alpha value is -3.93. The summed E-state index contributed by atoms with van der Waals surface area (Å²) in [6.07, 6.45) is 3.14. The highest BCUT2D eigenvalue weighted by Gasteiger charge is 2.07. The van der Waals surface area contributed by atoms with Gasteiger partial charge in [0.25, 0.3) is 0 Å². The Morgan fingerprint density at radius 2 is 1.77 bits per heavy atom. The third-order valence-corrected chi connectivity index (χ3v) is 4.39. The zero-order chi connectivity index (χ0) is 22.2. The highest BCUT2D eigenvalue weighted by Crippen LogP contribution is 2.29. The van der Waals surface area contributed by atoms with Gasteiger partial charge in [-0.2, -0.15) is 0 Å². The molecule has 0 bridgehead atoms. The maximum Gasteiger partial charge on any atom is 0.221 e. The number of rotatable bonds is 8. The van der Waals surface area contributed by atoms with Crippen LogP contribution in [0.1, 0.15) is 28.4 Å². The van der Waals surface area contributed by atoms with Crippen LogP contribution in [0.5, 0.6) is 11.5 Å². The van der Waals surface area contributed by atoms with Crippen molar-refractivity contribution in [1.29, 1.82) is 0 Å². The molecule has 0 aromatic heterocycles. The molecule has 0 saturated heterocycles. The maximum atomic E-state index is 13.0. The number of hydrogen-bond donors (Lipinski definition) is 1. The van der Waals surface area contributed by atoms with Gasteiger partial charge in [0.1, 0.15) is 12.4 Å². The predicted molar refractivity (Wildman–Crippen MR) is 118 cm³/mol. The highest BCUT2D eigenvalue weighted by atomic mass is 19.1. The van der Waals surface area contributed by atoms with Gasteiger partial charge in [-0.05, 0) is 53.6 Å². The van der Waals surface area contributed by atoms with E-state index in [0.717, 1.165) is 11.1 Å². The van der Waals surface area contributed by atoms with E-state index in [9.17, 15) is 14.0 Å². The van der Waals surface area contributed by atoms with Gasteiger partial charge in [0.2, 0.25) is 5.91 Å². The number of hydrogen-bond acceptors (Lipinski definition) is 4. The van der Waals surface area contributed by atoms with Crippen LogP contribution in [-0.2, 0) is 11.4 Å². The predicted octanol–water partition coefficient (Wildman–Crippen LogP) is 5.27. The number of benzene rings is 3. The van der Waals surface area contributed by atoms with E-state index in [1.54, 1.807) is 60.7 Å². The zero-order valence-corrected chi connectivity index (χ0v) is 17.2. The SMILES string of the molecule is COc1cc(/C=C/C(=O)c2cccc(NC(C)=O)c2)ccc1OCc1ccc(F)cc1. The van der Waals surface area contributed by atoms with Crippen molar-refractivity contribution in [2.24, 2.45) is 0 Å². The van der Waals surface area contributed by atoms with E-state index in [-0.39, 0.29) is 24.1 Å². The van der Waals surface area contributed by atoms with Crippen LogP contribution in [0.25, 0.3) is 6.08 Å². The summed E-state index contributed by atoms with van der Waals surface area (Å²) in [5.74, 6) is 0.369. The van der Waals surface area contributed by atoms with Crippen molar-refractivity contribution in [3.63, 3.8) is 0 Å². The Balaban J connectivity index is 1.68. The van der Waals surface area contributed by atoms with Crippen molar-refractivity contribution in [1.82, 2.24) is 0 Å². The van der Waals surface area contributed by atoms with Crippen molar-refractivity contribution in [3.05, 3.63) is 95.3 Å². The summed E-state index contributed by atoms with van der Waals surface area (Å²) in [4.78, 5) is 23.7. The molecule has 0 aliphatic heterocycles. The van der Waals surface area contributed by atoms with Crippen molar-refractivity contribution in [2.75, 3.05) is 12.4 Å². The van der Waals surface area contributed by atoms with E-state index in [1.807, 2.05) is 0 Å². The van der Waals surface area contributed by atoms with Crippen LogP contribution in [0, 0.1) is 5.82 Å². The van der Waals surface area contributed by atoms with Gasteiger partial charge in [-0.3, -0.25) is 9.59 Å². The van der Waals surface area contributed by atoms with Crippen LogP contribution in [0.4, 0.5) is 10.1 Å². The van der Waals surface area contributed by atoms with Crippen molar-refractivity contribution in [3.8, 4) is 11.5 Å². The summed E-state index contributed by atoms with van der Waals surface area (Å²) in [5, 5.41) is 2.66. The number of carbonyl (C=O) groups excluding carboxylic acids is 2. The molecule has 0 aliphatic carbocycles. The van der Waals surface area contributed by atoms with Gasteiger partial charge in [-0.25, -0.2) is 4.39 Å². The minimum atomic E-state index is -0.297. The van der Waals surface area contributed by atoms with Crippen LogP contribution in [-0.4, -0.2) is 18.8 Å². The number of anilines is 1. The summed E-state index contributed by atoms with van der Waals surface area (Å²) in [7, 11) is 1.53. The second-order valence-corrected chi connectivity index (χ2v) is 6.79. The number of carbonyl (C=O) groups is 2. The number of ketones is 1. The Kier molecular flexibility index (Phi) is 7.17. The first kappa shape index (κ1) is 21.8. The molecule has 0 aliphatic rings. The molecule has 1 N–H and O–H groups in total. The summed E-state index contributed by atoms with van der Waals surface area (Å²) >= 11 is 0. The molecule has 3 aromatic carbocycles. The van der Waals surface area contributed by atoms with E-state index < -0.39 is 0 Å². The van der Waals surface area contributed by atoms with Gasteiger partial charge in [0.05, 0.1) is 7.11 Å². The fraction of sp³-hybridized carbons (Fsp3) is 0.120. The third-order valence-electron chi connectivity index (χ3n) is 4.39. The average molecular weight is 419 g/mol. The van der Waals surface area contributed by atoms with Gasteiger partial charge >= 0.3 is 0 Å². The molecular formula is C25H22FNO4. The Labute approximate surface area is 180 Å². The fourth-order valence-corrected chi connectivity index (χ4v) is 2.87. The molecule has 0 atom stereocenters. The molecule has 158 valence electrons. The van der Waals surface area contributed by atoms with E-state index in [2.05, 4.69) is 5.32 Å². The molecule has 0 unspecified atom stereocenters. The molecule has 0 heterocycles. The second-order valence-electron chi connectivity index (χ2n) is 6.79. The monoisotopic (exact) mass is 419 g/mol. The molecule has 6 heteroatoms. The van der Waals surface area contributed by atoms with Crippen LogP contribution in [0.15, 0.2) is 72.8 Å². The van der Waals surface area contributed by atoms with Gasteiger partial charge in [0, 0.05) is 18.2 Å². The molecule has 0 saturated carbocycles. The van der Waals surface area contributed by atoms with Crippen LogP contribution < -0.4 is 14.8 Å². The fourth-order valence-electron chi connectivity index (χ4n) is 2.87. The molecule has 31 heavy (non-hydrogen) atoms. The third kappa shape index (κ3) is 6.27. The lowest BCUT2D eigenvalue weighted by atomic mass is 10.1. The summed E-state index contributed by atoms with van der Waals surface area (Å²) in [6, 6.07) is 18.1. The number of allylic oxidation sites excluding steroid dienone is 1. The lowest BCUT2D eigenvalue weighted by Crippen LogP contribution is -2.06. The Morgan fingerprint density at radius 1 is 1.00 bits per heavy atom. The second kappa shape index (κ2) is 10.2. The van der Waals surface area contributed by atoms with Gasteiger partial charge in [-0.15, -0.1) is 0 Å². The first-order chi connectivity index (χ1) is 14.9. The first-order valence-corrected chi connectivity index (χ1v) is 9.60. The number of ether oxygens (including phenoxy) is 2. The molecule has 0 spiro atoms. The normalized spacial score (nSPS) is 10.7. The topological polar surface area (TPSA) is 64.6 Å². The van der Waals surface area contributed by atoms with E-state index in [4.69, 9.17) is 9.47 Å². The van der Waals surface area contributed by atoms with Crippen molar-refractivity contribution < 1.29 is 23.5 Å². The molecular weight excluding hydrogens is 397 g/mol. The van der Waals surface area contributed by atoms with Crippen LogP contribution in [0.2, 0.25) is 0 Å². The standard InChI is InChI=1S/C25H22FNO4/c1-17(28)27-22-5-3-4-20(15-22)23(29)12-8-18-9-13-24(25(14-18)30-2)31-16-19-6-10-21(26)11-7-19/h3-15H,16H2,1-2H3,(H,27,28)/b12-8+. The van der Waals surface area contributed by atoms with E-state index in [1.165, 1.54) is 32.2 Å². The van der Waals surface area contributed by atoms with Gasteiger partial charge in [-0.1, -0.05) is 36.4 Å². The van der Waals surface area contributed by atoms with Crippen molar-refractivity contribution in [2.45, 2.75) is 13.5 Å². The number of methoxy groups -OCH3 is 1. The Morgan fingerprint density at radius 3 is 2.48 bits per heavy atom. The van der Waals surface area contributed by atoms with Crippen LogP contribution >= 0.6 is 0 Å². The van der Waals surface area contributed by atoms with Crippen molar-refractivity contribution >= 4 is 23.5 Å². The summed E-state index contributed by atoms with van der Waals surface area (Å²) in [6.45, 7) is 1.68. The molecule has 3 rings (SSSR count). The molecule has 1 amide bonds. The Bertz CT molecular complexity index is 1110. The van der Waals surface area contributed by atoms with Gasteiger partial charge < -0.3 is 14.8 Å². The average Bonchev–Trinajstić information content (AvgIpc) is 2.77. The summed E-state index contributed by atoms with van der Waals surface area (Å²) < 4.78 is 24.2. The van der Waals surface area contributed by atoms with E-state index in [0.29, 0.717) is 22.7 Å². The lowest BCUT2D eigenvalue weighted by molar-refractivity contribution is -0.114. The first-order valence-electron chi connectivity index (χ1n) is 9.60. The zero-order valence-electron chi connectivity index (χ0n) is 17.2. The maximum absolute atomic E-state index is 13.0. The summed E-state index contributed by atoms with van der Waals surface area (Å²) in [5.41, 5.74) is 2.63. The number of halogens is 1. The number of nitrogens with one attached hydrogen (secondary N) is 1. The van der Waals surface area contributed by atoms with Gasteiger partial charge in [0.15, 0.2) is 17.3 Å². The molecule has 0 fully saturated rings. The lowest BCUT2D eigenvalue weighted by Gasteiger charge is -2.11.